The van der Waals surface area contributed by atoms with Crippen LogP contribution in [0.25, 0.3) is 4.96 Å². The van der Waals surface area contributed by atoms with Crippen LogP contribution in [0.4, 0.5) is 5.69 Å². The Morgan fingerprint density at radius 3 is 2.60 bits per heavy atom. The van der Waals surface area contributed by atoms with Crippen LogP contribution < -0.4 is 14.2 Å². The smallest absolute Gasteiger partial charge is 0.281 e. The van der Waals surface area contributed by atoms with E-state index in [2.05, 4.69) is 14.8 Å². The van der Waals surface area contributed by atoms with Gasteiger partial charge in [-0.1, -0.05) is 18.3 Å². The molecule has 0 aliphatic carbocycles. The fraction of sp³-hybridized carbons (Fsp3) is 0.333. The Morgan fingerprint density at radius 2 is 1.96 bits per heavy atom. The summed E-state index contributed by atoms with van der Waals surface area (Å²) in [7, 11) is -0.865. The number of rotatable bonds is 6. The number of nitrogens with zero attached hydrogens (tertiary/aromatic N) is 3. The van der Waals surface area contributed by atoms with E-state index in [-0.39, 0.29) is 5.03 Å². The zero-order valence-corrected chi connectivity index (χ0v) is 15.9. The molecule has 25 heavy (non-hydrogen) atoms. The average molecular weight is 382 g/mol. The van der Waals surface area contributed by atoms with Crippen molar-refractivity contribution in [3.8, 4) is 11.5 Å². The summed E-state index contributed by atoms with van der Waals surface area (Å²) in [5.41, 5.74) is 0.757. The number of imidazole rings is 1. The lowest BCUT2D eigenvalue weighted by Crippen LogP contribution is -2.16. The van der Waals surface area contributed by atoms with E-state index in [4.69, 9.17) is 9.47 Å². The van der Waals surface area contributed by atoms with Crippen molar-refractivity contribution in [3.63, 3.8) is 0 Å². The van der Waals surface area contributed by atoms with E-state index in [0.717, 1.165) is 11.4 Å². The summed E-state index contributed by atoms with van der Waals surface area (Å²) >= 11 is 1.38. The number of anilines is 1. The van der Waals surface area contributed by atoms with Gasteiger partial charge in [-0.25, -0.2) is 4.98 Å². The van der Waals surface area contributed by atoms with Crippen molar-refractivity contribution in [3.05, 3.63) is 28.9 Å². The van der Waals surface area contributed by atoms with E-state index in [1.165, 1.54) is 30.1 Å². The van der Waals surface area contributed by atoms with Gasteiger partial charge in [-0.05, 0) is 25.5 Å². The Labute approximate surface area is 149 Å². The van der Waals surface area contributed by atoms with Crippen molar-refractivity contribution in [2.75, 3.05) is 18.9 Å². The predicted octanol–water partition coefficient (Wildman–Crippen LogP) is 2.48. The highest BCUT2D eigenvalue weighted by molar-refractivity contribution is 7.92. The molecule has 0 unspecified atom stereocenters. The molecule has 2 aromatic heterocycles. The van der Waals surface area contributed by atoms with Gasteiger partial charge in [0, 0.05) is 6.07 Å². The Balaban J connectivity index is 2.02. The third kappa shape index (κ3) is 3.14. The van der Waals surface area contributed by atoms with E-state index in [9.17, 15) is 8.42 Å². The van der Waals surface area contributed by atoms with Gasteiger partial charge in [0.2, 0.25) is 9.99 Å². The molecular formula is C15H18N4O4S2. The molecule has 3 rings (SSSR count). The van der Waals surface area contributed by atoms with Crippen LogP contribution in [0.2, 0.25) is 0 Å². The highest BCUT2D eigenvalue weighted by Gasteiger charge is 2.26. The Kier molecular flexibility index (Phi) is 4.56. The lowest BCUT2D eigenvalue weighted by atomic mass is 10.3. The van der Waals surface area contributed by atoms with Crippen LogP contribution in [-0.4, -0.2) is 37.2 Å². The number of ether oxygens (including phenoxy) is 2. The molecule has 0 radical (unpaired) electrons. The summed E-state index contributed by atoms with van der Waals surface area (Å²) in [5.74, 6) is 0.945. The molecule has 0 aliphatic rings. The molecule has 0 saturated carbocycles. The highest BCUT2D eigenvalue weighted by Crippen LogP contribution is 2.31. The second kappa shape index (κ2) is 6.52. The topological polar surface area (TPSA) is 94.8 Å². The zero-order valence-electron chi connectivity index (χ0n) is 14.2. The monoisotopic (exact) mass is 382 g/mol. The van der Waals surface area contributed by atoms with Crippen molar-refractivity contribution in [1.29, 1.82) is 0 Å². The van der Waals surface area contributed by atoms with Gasteiger partial charge in [0.05, 0.1) is 25.6 Å². The molecule has 0 bridgehead atoms. The Morgan fingerprint density at radius 1 is 1.24 bits per heavy atom. The van der Waals surface area contributed by atoms with Gasteiger partial charge >= 0.3 is 0 Å². The molecule has 0 amide bonds. The standard InChI is InChI=1S/C15H18N4O4S2/c1-5-13-17-19-14(9(2)16-15(19)24-13)25(20,21)18-10-6-7-11(22-3)12(8-10)23-4/h6-8,18H,5H2,1-4H3. The number of hydrogen-bond donors (Lipinski definition) is 1. The molecule has 1 N–H and O–H groups in total. The number of aromatic nitrogens is 3. The minimum Gasteiger partial charge on any atom is -0.493 e. The molecular weight excluding hydrogens is 364 g/mol. The van der Waals surface area contributed by atoms with Crippen LogP contribution in [0.15, 0.2) is 23.2 Å². The van der Waals surface area contributed by atoms with E-state index >= 15 is 0 Å². The highest BCUT2D eigenvalue weighted by atomic mass is 32.2. The fourth-order valence-electron chi connectivity index (χ4n) is 2.42. The first kappa shape index (κ1) is 17.5. The first-order chi connectivity index (χ1) is 11.9. The van der Waals surface area contributed by atoms with Gasteiger partial charge in [0.25, 0.3) is 10.0 Å². The molecule has 0 atom stereocenters. The van der Waals surface area contributed by atoms with E-state index in [1.54, 1.807) is 25.1 Å². The van der Waals surface area contributed by atoms with Crippen LogP contribution in [0.1, 0.15) is 17.6 Å². The number of nitrogens with one attached hydrogen (secondary N) is 1. The number of sulfonamides is 1. The molecule has 3 aromatic rings. The normalized spacial score (nSPS) is 11.7. The molecule has 10 heteroatoms. The number of fused-ring (bicyclic) bond motifs is 1. The Bertz CT molecular complexity index is 1020. The summed E-state index contributed by atoms with van der Waals surface area (Å²) in [5, 5.41) is 5.19. The van der Waals surface area contributed by atoms with Crippen LogP contribution in [0, 0.1) is 6.92 Å². The fourth-order valence-corrected chi connectivity index (χ4v) is 4.68. The van der Waals surface area contributed by atoms with Gasteiger partial charge in [0.15, 0.2) is 11.5 Å². The maximum absolute atomic E-state index is 12.9. The Hall–Kier alpha value is -2.33. The molecule has 134 valence electrons. The van der Waals surface area contributed by atoms with Crippen LogP contribution >= 0.6 is 11.3 Å². The van der Waals surface area contributed by atoms with Gasteiger partial charge in [-0.2, -0.15) is 18.0 Å². The lowest BCUT2D eigenvalue weighted by molar-refractivity contribution is 0.355. The molecule has 8 nitrogen and oxygen atoms in total. The third-order valence-electron chi connectivity index (χ3n) is 3.56. The minimum atomic E-state index is -3.87. The molecule has 0 spiro atoms. The summed E-state index contributed by atoms with van der Waals surface area (Å²) in [6, 6.07) is 4.79. The van der Waals surface area contributed by atoms with Crippen LogP contribution in [0.5, 0.6) is 11.5 Å². The first-order valence-electron chi connectivity index (χ1n) is 7.49. The van der Waals surface area contributed by atoms with E-state index in [0.29, 0.717) is 27.8 Å². The maximum Gasteiger partial charge on any atom is 0.281 e. The van der Waals surface area contributed by atoms with Crippen molar-refractivity contribution in [2.24, 2.45) is 0 Å². The quantitative estimate of drug-likeness (QED) is 0.704. The largest absolute Gasteiger partial charge is 0.493 e. The summed E-state index contributed by atoms with van der Waals surface area (Å²) in [6.45, 7) is 3.61. The first-order valence-corrected chi connectivity index (χ1v) is 9.79. The van der Waals surface area contributed by atoms with Crippen LogP contribution in [0.3, 0.4) is 0 Å². The van der Waals surface area contributed by atoms with Gasteiger partial charge in [0.1, 0.15) is 5.01 Å². The molecule has 0 aliphatic heterocycles. The second-order valence-electron chi connectivity index (χ2n) is 5.22. The van der Waals surface area contributed by atoms with E-state index < -0.39 is 10.0 Å². The number of methoxy groups -OCH3 is 2. The lowest BCUT2D eigenvalue weighted by Gasteiger charge is -2.11. The SMILES string of the molecule is CCc1nn2c(S(=O)(=O)Nc3ccc(OC)c(OC)c3)c(C)nc2s1. The third-order valence-corrected chi connectivity index (χ3v) is 6.09. The minimum absolute atomic E-state index is 0.0354. The van der Waals surface area contributed by atoms with Crippen molar-refractivity contribution in [2.45, 2.75) is 25.3 Å². The van der Waals surface area contributed by atoms with Crippen molar-refractivity contribution < 1.29 is 17.9 Å². The van der Waals surface area contributed by atoms with Crippen LogP contribution in [-0.2, 0) is 16.4 Å². The van der Waals surface area contributed by atoms with Gasteiger partial charge in [-0.3, -0.25) is 4.72 Å². The number of benzene rings is 1. The number of hydrogen-bond acceptors (Lipinski definition) is 7. The predicted molar refractivity (Wildman–Crippen MR) is 95.3 cm³/mol. The maximum atomic E-state index is 12.9. The molecule has 0 fully saturated rings. The number of aryl methyl sites for hydroxylation is 2. The van der Waals surface area contributed by atoms with Crippen molar-refractivity contribution >= 4 is 32.0 Å². The summed E-state index contributed by atoms with van der Waals surface area (Å²) in [6.07, 6.45) is 0.718. The molecule has 0 saturated heterocycles. The van der Waals surface area contributed by atoms with Crippen molar-refractivity contribution in [1.82, 2.24) is 14.6 Å². The summed E-state index contributed by atoms with van der Waals surface area (Å²) in [4.78, 5) is 4.86. The van der Waals surface area contributed by atoms with E-state index in [1.807, 2.05) is 6.92 Å². The average Bonchev–Trinajstić information content (AvgIpc) is 3.09. The second-order valence-corrected chi connectivity index (χ2v) is 7.86. The zero-order chi connectivity index (χ0) is 18.2. The molecule has 1 aromatic carbocycles. The summed E-state index contributed by atoms with van der Waals surface area (Å²) < 4.78 is 40.0. The molecule has 2 heterocycles. The van der Waals surface area contributed by atoms with Gasteiger partial charge in [-0.15, -0.1) is 0 Å². The van der Waals surface area contributed by atoms with Gasteiger partial charge < -0.3 is 9.47 Å².